The van der Waals surface area contributed by atoms with Crippen molar-refractivity contribution in [1.29, 1.82) is 0 Å². The highest BCUT2D eigenvalue weighted by Gasteiger charge is 2.19. The highest BCUT2D eigenvalue weighted by molar-refractivity contribution is 7.08. The normalized spacial score (nSPS) is 12.3. The van der Waals surface area contributed by atoms with Gasteiger partial charge in [-0.1, -0.05) is 18.6 Å². The Morgan fingerprint density at radius 3 is 2.94 bits per heavy atom. The van der Waals surface area contributed by atoms with Crippen LogP contribution in [0, 0.1) is 6.92 Å². The summed E-state index contributed by atoms with van der Waals surface area (Å²) < 4.78 is 0. The zero-order valence-electron chi connectivity index (χ0n) is 10.3. The molecule has 2 aromatic heterocycles. The highest BCUT2D eigenvalue weighted by Crippen LogP contribution is 2.17. The molecule has 1 amide bonds. The topological polar surface area (TPSA) is 83.6 Å². The van der Waals surface area contributed by atoms with Crippen LogP contribution in [-0.2, 0) is 0 Å². The summed E-state index contributed by atoms with van der Waals surface area (Å²) >= 11 is 1.52. The van der Waals surface area contributed by atoms with Gasteiger partial charge in [0.05, 0.1) is 11.6 Å². The zero-order chi connectivity index (χ0) is 13.0. The van der Waals surface area contributed by atoms with E-state index in [0.29, 0.717) is 11.4 Å². The number of amides is 1. The molecular weight excluding hydrogens is 250 g/mol. The first kappa shape index (κ1) is 12.7. The maximum absolute atomic E-state index is 12.1. The van der Waals surface area contributed by atoms with Crippen LogP contribution in [0.3, 0.4) is 0 Å². The smallest absolute Gasteiger partial charge is 0.252 e. The van der Waals surface area contributed by atoms with Crippen LogP contribution in [-0.4, -0.2) is 26.5 Å². The molecule has 2 N–H and O–H groups in total. The second kappa shape index (κ2) is 5.72. The Hall–Kier alpha value is -1.76. The minimum Gasteiger partial charge on any atom is -0.342 e. The number of carbonyl (C=O) groups excluding carboxylic acids is 1. The number of hydrogen-bond acceptors (Lipinski definition) is 5. The molecule has 0 bridgehead atoms. The molecule has 2 heterocycles. The number of nitrogens with one attached hydrogen (secondary N) is 2. The van der Waals surface area contributed by atoms with Crippen molar-refractivity contribution in [3.8, 4) is 0 Å². The number of tetrazole rings is 1. The Labute approximate surface area is 109 Å². The van der Waals surface area contributed by atoms with Crippen LogP contribution in [0.4, 0.5) is 0 Å². The Morgan fingerprint density at radius 2 is 2.39 bits per heavy atom. The predicted octanol–water partition coefficient (Wildman–Crippen LogP) is 1.84. The van der Waals surface area contributed by atoms with Crippen LogP contribution in [0.2, 0.25) is 0 Å². The minimum absolute atomic E-state index is 0.0861. The van der Waals surface area contributed by atoms with Crippen molar-refractivity contribution in [3.05, 3.63) is 27.7 Å². The Balaban J connectivity index is 2.10. The van der Waals surface area contributed by atoms with E-state index < -0.39 is 0 Å². The molecule has 1 atom stereocenters. The lowest BCUT2D eigenvalue weighted by molar-refractivity contribution is 0.0932. The number of thiophene rings is 1. The summed E-state index contributed by atoms with van der Waals surface area (Å²) in [6.07, 6.45) is 1.72. The lowest BCUT2D eigenvalue weighted by Gasteiger charge is -2.14. The van der Waals surface area contributed by atoms with Gasteiger partial charge in [0.1, 0.15) is 0 Å². The van der Waals surface area contributed by atoms with Crippen LogP contribution < -0.4 is 5.32 Å². The molecule has 2 rings (SSSR count). The van der Waals surface area contributed by atoms with E-state index >= 15 is 0 Å². The van der Waals surface area contributed by atoms with E-state index in [1.54, 1.807) is 0 Å². The predicted molar refractivity (Wildman–Crippen MR) is 68.3 cm³/mol. The van der Waals surface area contributed by atoms with Gasteiger partial charge in [-0.3, -0.25) is 4.79 Å². The molecule has 0 aliphatic heterocycles. The molecule has 0 unspecified atom stereocenters. The Bertz CT molecular complexity index is 507. The minimum atomic E-state index is -0.194. The summed E-state index contributed by atoms with van der Waals surface area (Å²) in [6, 6.07) is -0.194. The average molecular weight is 265 g/mol. The quantitative estimate of drug-likeness (QED) is 0.864. The van der Waals surface area contributed by atoms with Crippen LogP contribution in [0.1, 0.15) is 47.6 Å². The largest absolute Gasteiger partial charge is 0.342 e. The number of hydrogen-bond donors (Lipinski definition) is 2. The fourth-order valence-corrected chi connectivity index (χ4v) is 2.53. The molecular formula is C11H15N5OS. The number of aromatic nitrogens is 4. The second-order valence-electron chi connectivity index (χ2n) is 4.05. The maximum Gasteiger partial charge on any atom is 0.252 e. The molecule has 0 saturated carbocycles. The number of aryl methyl sites for hydroxylation is 1. The Kier molecular flexibility index (Phi) is 4.03. The van der Waals surface area contributed by atoms with Gasteiger partial charge in [0, 0.05) is 5.38 Å². The average Bonchev–Trinajstić information content (AvgIpc) is 2.98. The van der Waals surface area contributed by atoms with Crippen molar-refractivity contribution >= 4 is 17.2 Å². The van der Waals surface area contributed by atoms with Gasteiger partial charge in [0.2, 0.25) is 0 Å². The van der Waals surface area contributed by atoms with Crippen molar-refractivity contribution in [2.24, 2.45) is 0 Å². The lowest BCUT2D eigenvalue weighted by Crippen LogP contribution is -2.29. The maximum atomic E-state index is 12.1. The second-order valence-corrected chi connectivity index (χ2v) is 4.80. The van der Waals surface area contributed by atoms with Crippen molar-refractivity contribution in [2.45, 2.75) is 32.7 Å². The van der Waals surface area contributed by atoms with Crippen LogP contribution in [0.15, 0.2) is 10.8 Å². The van der Waals surface area contributed by atoms with Gasteiger partial charge in [0.15, 0.2) is 5.82 Å². The van der Waals surface area contributed by atoms with Crippen LogP contribution >= 0.6 is 11.3 Å². The molecule has 96 valence electrons. The molecule has 6 nitrogen and oxygen atoms in total. The van der Waals surface area contributed by atoms with Crippen molar-refractivity contribution < 1.29 is 4.79 Å². The van der Waals surface area contributed by atoms with E-state index in [2.05, 4.69) is 32.9 Å². The summed E-state index contributed by atoms with van der Waals surface area (Å²) in [5, 5.41) is 20.6. The van der Waals surface area contributed by atoms with Crippen LogP contribution in [0.5, 0.6) is 0 Å². The molecule has 2 aromatic rings. The molecule has 0 saturated heterocycles. The first-order valence-corrected chi connectivity index (χ1v) is 6.73. The summed E-state index contributed by atoms with van der Waals surface area (Å²) in [5.41, 5.74) is 1.70. The fourth-order valence-electron chi connectivity index (χ4n) is 1.70. The van der Waals surface area contributed by atoms with E-state index in [-0.39, 0.29) is 11.9 Å². The number of aromatic amines is 1. The van der Waals surface area contributed by atoms with Gasteiger partial charge in [-0.05, 0) is 24.3 Å². The molecule has 7 heteroatoms. The molecule has 0 spiro atoms. The van der Waals surface area contributed by atoms with Gasteiger partial charge in [-0.25, -0.2) is 0 Å². The van der Waals surface area contributed by atoms with Gasteiger partial charge in [0.25, 0.3) is 5.91 Å². The Morgan fingerprint density at radius 1 is 1.56 bits per heavy atom. The van der Waals surface area contributed by atoms with Gasteiger partial charge < -0.3 is 5.32 Å². The number of carbonyl (C=O) groups is 1. The molecule has 0 aliphatic carbocycles. The third-order valence-electron chi connectivity index (χ3n) is 2.66. The molecule has 0 aromatic carbocycles. The first-order valence-electron chi connectivity index (χ1n) is 5.79. The molecule has 0 aliphatic rings. The van der Waals surface area contributed by atoms with E-state index in [9.17, 15) is 4.79 Å². The fraction of sp³-hybridized carbons (Fsp3) is 0.455. The zero-order valence-corrected chi connectivity index (χ0v) is 11.1. The van der Waals surface area contributed by atoms with Gasteiger partial charge in [-0.15, -0.1) is 10.2 Å². The van der Waals surface area contributed by atoms with Gasteiger partial charge >= 0.3 is 0 Å². The van der Waals surface area contributed by atoms with Crippen molar-refractivity contribution in [2.75, 3.05) is 0 Å². The lowest BCUT2D eigenvalue weighted by atomic mass is 10.1. The number of nitrogens with zero attached hydrogens (tertiary/aromatic N) is 3. The first-order chi connectivity index (χ1) is 8.72. The van der Waals surface area contributed by atoms with E-state index in [1.807, 2.05) is 17.7 Å². The third kappa shape index (κ3) is 2.73. The van der Waals surface area contributed by atoms with Crippen LogP contribution in [0.25, 0.3) is 0 Å². The van der Waals surface area contributed by atoms with Crippen molar-refractivity contribution in [3.63, 3.8) is 0 Å². The molecule has 0 radical (unpaired) electrons. The summed E-state index contributed by atoms with van der Waals surface area (Å²) in [6.45, 7) is 3.98. The monoisotopic (exact) mass is 265 g/mol. The standard InChI is InChI=1S/C11H15N5OS/c1-3-4-9(10-13-15-16-14-10)12-11(17)8-6-18-5-7(8)2/h5-6,9H,3-4H2,1-2H3,(H,12,17)(H,13,14,15,16)/t9-/m1/s1. The van der Waals surface area contributed by atoms with E-state index in [1.165, 1.54) is 11.3 Å². The SMILES string of the molecule is CCC[C@@H](NC(=O)c1cscc1C)c1nn[nH]n1. The number of H-pyrrole nitrogens is 1. The van der Waals surface area contributed by atoms with E-state index in [0.717, 1.165) is 18.4 Å². The van der Waals surface area contributed by atoms with Crippen molar-refractivity contribution in [1.82, 2.24) is 25.9 Å². The summed E-state index contributed by atoms with van der Waals surface area (Å²) in [7, 11) is 0. The highest BCUT2D eigenvalue weighted by atomic mass is 32.1. The summed E-state index contributed by atoms with van der Waals surface area (Å²) in [5.74, 6) is 0.440. The molecule has 18 heavy (non-hydrogen) atoms. The third-order valence-corrected chi connectivity index (χ3v) is 3.52. The van der Waals surface area contributed by atoms with E-state index in [4.69, 9.17) is 0 Å². The summed E-state index contributed by atoms with van der Waals surface area (Å²) in [4.78, 5) is 12.1. The van der Waals surface area contributed by atoms with Gasteiger partial charge in [-0.2, -0.15) is 16.6 Å². The number of rotatable bonds is 5. The molecule has 0 fully saturated rings.